The zero-order valence-electron chi connectivity index (χ0n) is 14.3. The molecule has 0 aliphatic heterocycles. The first kappa shape index (κ1) is 21.1. The molecule has 2 aromatic carbocycles. The van der Waals surface area contributed by atoms with E-state index < -0.39 is 21.4 Å². The molecule has 3 aromatic rings. The molecule has 0 atom stereocenters. The number of hydrogen-bond donors (Lipinski definition) is 0. The largest absolute Gasteiger partial charge is 0.291 e. The summed E-state index contributed by atoms with van der Waals surface area (Å²) < 4.78 is 26.7. The second-order valence-electron chi connectivity index (χ2n) is 5.95. The number of benzene rings is 2. The second-order valence-corrected chi connectivity index (χ2v) is 9.63. The highest BCUT2D eigenvalue weighted by Gasteiger charge is 2.25. The number of carbonyl (C=O) groups is 1. The highest BCUT2D eigenvalue weighted by molar-refractivity contribution is 7.92. The molecule has 0 aliphatic rings. The van der Waals surface area contributed by atoms with E-state index in [1.165, 1.54) is 28.9 Å². The molecule has 28 heavy (non-hydrogen) atoms. The van der Waals surface area contributed by atoms with Crippen LogP contribution in [0.25, 0.3) is 11.3 Å². The summed E-state index contributed by atoms with van der Waals surface area (Å²) in [6, 6.07) is 10.4. The molecule has 1 heterocycles. The van der Waals surface area contributed by atoms with Crippen LogP contribution in [0.4, 0.5) is 0 Å². The van der Waals surface area contributed by atoms with Gasteiger partial charge in [0.25, 0.3) is 0 Å². The molecule has 146 valence electrons. The van der Waals surface area contributed by atoms with E-state index in [4.69, 9.17) is 46.4 Å². The van der Waals surface area contributed by atoms with E-state index in [0.29, 0.717) is 21.3 Å². The molecule has 0 spiro atoms. The van der Waals surface area contributed by atoms with E-state index >= 15 is 0 Å². The van der Waals surface area contributed by atoms with E-state index in [-0.39, 0.29) is 20.6 Å². The van der Waals surface area contributed by atoms with Gasteiger partial charge < -0.3 is 0 Å². The lowest BCUT2D eigenvalue weighted by Crippen LogP contribution is -2.17. The number of rotatable bonds is 5. The number of nitrogens with zero attached hydrogens (tertiary/aromatic N) is 2. The van der Waals surface area contributed by atoms with Crippen molar-refractivity contribution in [2.24, 2.45) is 7.05 Å². The van der Waals surface area contributed by atoms with Crippen molar-refractivity contribution in [1.29, 1.82) is 0 Å². The van der Waals surface area contributed by atoms with Crippen molar-refractivity contribution in [1.82, 2.24) is 9.78 Å². The van der Waals surface area contributed by atoms with Gasteiger partial charge in [-0.2, -0.15) is 5.10 Å². The maximum absolute atomic E-state index is 12.6. The fourth-order valence-electron chi connectivity index (χ4n) is 2.62. The Morgan fingerprint density at radius 2 is 1.61 bits per heavy atom. The minimum absolute atomic E-state index is 0.00433. The Morgan fingerprint density at radius 1 is 0.964 bits per heavy atom. The smallest absolute Gasteiger partial charge is 0.198 e. The molecule has 0 N–H and O–H groups in total. The number of aromatic nitrogens is 2. The van der Waals surface area contributed by atoms with Gasteiger partial charge in [0.1, 0.15) is 11.4 Å². The van der Waals surface area contributed by atoms with Crippen LogP contribution in [0.1, 0.15) is 10.5 Å². The van der Waals surface area contributed by atoms with Gasteiger partial charge in [0.2, 0.25) is 0 Å². The topological polar surface area (TPSA) is 69.0 Å². The molecule has 0 saturated carbocycles. The first-order chi connectivity index (χ1) is 13.1. The average molecular weight is 478 g/mol. The van der Waals surface area contributed by atoms with Crippen LogP contribution >= 0.6 is 46.4 Å². The van der Waals surface area contributed by atoms with Crippen LogP contribution in [-0.4, -0.2) is 29.7 Å². The molecule has 0 radical (unpaired) electrons. The molecule has 0 amide bonds. The zero-order valence-corrected chi connectivity index (χ0v) is 18.1. The highest BCUT2D eigenvalue weighted by Crippen LogP contribution is 2.29. The fourth-order valence-corrected chi connectivity index (χ4v) is 5.17. The van der Waals surface area contributed by atoms with Gasteiger partial charge in [-0.3, -0.25) is 9.48 Å². The van der Waals surface area contributed by atoms with Gasteiger partial charge in [0.05, 0.1) is 15.6 Å². The van der Waals surface area contributed by atoms with Crippen molar-refractivity contribution < 1.29 is 13.2 Å². The molecular formula is C18H12Cl4N2O3S. The third-order valence-electron chi connectivity index (χ3n) is 3.87. The number of halogens is 4. The Morgan fingerprint density at radius 3 is 2.25 bits per heavy atom. The number of aryl methyl sites for hydroxylation is 1. The summed E-state index contributed by atoms with van der Waals surface area (Å²) in [5, 5.41) is 5.17. The van der Waals surface area contributed by atoms with Crippen LogP contribution in [-0.2, 0) is 16.9 Å². The molecule has 1 aromatic heterocycles. The fraction of sp³-hybridized carbons (Fsp3) is 0.111. The van der Waals surface area contributed by atoms with Gasteiger partial charge in [-0.25, -0.2) is 8.42 Å². The minimum atomic E-state index is -4.00. The molecule has 10 heteroatoms. The van der Waals surface area contributed by atoms with Crippen molar-refractivity contribution >= 4 is 62.0 Å². The molecule has 0 unspecified atom stereocenters. The summed E-state index contributed by atoms with van der Waals surface area (Å²) in [5.41, 5.74) is 1.20. The first-order valence-electron chi connectivity index (χ1n) is 7.78. The number of sulfone groups is 1. The normalized spacial score (nSPS) is 11.6. The van der Waals surface area contributed by atoms with Crippen molar-refractivity contribution in [3.63, 3.8) is 0 Å². The summed E-state index contributed by atoms with van der Waals surface area (Å²) in [7, 11) is -2.37. The first-order valence-corrected chi connectivity index (χ1v) is 10.9. The number of ketones is 1. The van der Waals surface area contributed by atoms with E-state index in [0.717, 1.165) is 0 Å². The Kier molecular flexibility index (Phi) is 6.08. The Hall–Kier alpha value is -1.57. The van der Waals surface area contributed by atoms with Crippen molar-refractivity contribution in [2.45, 2.75) is 4.90 Å². The summed E-state index contributed by atoms with van der Waals surface area (Å²) in [4.78, 5) is 12.4. The predicted octanol–water partition coefficient (Wildman–Crippen LogP) is 5.36. The summed E-state index contributed by atoms with van der Waals surface area (Å²) >= 11 is 23.8. The van der Waals surface area contributed by atoms with Crippen LogP contribution < -0.4 is 0 Å². The standard InChI is InChI=1S/C18H12Cl4N2O3S/c1-24-16(10-4-12(20)6-13(21)5-10)8-15(23-24)17(25)9-28(26,27)18-7-11(19)2-3-14(18)22/h2-8H,9H2,1H3. The SMILES string of the molecule is Cn1nc(C(=O)CS(=O)(=O)c2cc(Cl)ccc2Cl)cc1-c1cc(Cl)cc(Cl)c1. The van der Waals surface area contributed by atoms with E-state index in [1.807, 2.05) is 0 Å². The third kappa shape index (κ3) is 4.53. The van der Waals surface area contributed by atoms with Gasteiger partial charge in [0, 0.05) is 27.7 Å². The molecule has 0 bridgehead atoms. The maximum Gasteiger partial charge on any atom is 0.198 e. The minimum Gasteiger partial charge on any atom is -0.291 e. The molecular weight excluding hydrogens is 466 g/mol. The van der Waals surface area contributed by atoms with E-state index in [1.54, 1.807) is 25.2 Å². The van der Waals surface area contributed by atoms with Gasteiger partial charge in [-0.1, -0.05) is 46.4 Å². The second kappa shape index (κ2) is 8.05. The van der Waals surface area contributed by atoms with Crippen LogP contribution in [0.15, 0.2) is 47.4 Å². The zero-order chi connectivity index (χ0) is 20.6. The molecule has 3 rings (SSSR count). The molecule has 5 nitrogen and oxygen atoms in total. The lowest BCUT2D eigenvalue weighted by atomic mass is 10.1. The monoisotopic (exact) mass is 476 g/mol. The van der Waals surface area contributed by atoms with E-state index in [9.17, 15) is 13.2 Å². The van der Waals surface area contributed by atoms with Crippen molar-refractivity contribution in [2.75, 3.05) is 5.75 Å². The van der Waals surface area contributed by atoms with Crippen LogP contribution in [0.3, 0.4) is 0 Å². The van der Waals surface area contributed by atoms with Crippen molar-refractivity contribution in [3.8, 4) is 11.3 Å². The van der Waals surface area contributed by atoms with E-state index in [2.05, 4.69) is 5.10 Å². The number of Topliss-reactive ketones (excluding diaryl/α,β-unsaturated/α-hetero) is 1. The highest BCUT2D eigenvalue weighted by atomic mass is 35.5. The summed E-state index contributed by atoms with van der Waals surface area (Å²) in [5.74, 6) is -1.47. The lowest BCUT2D eigenvalue weighted by molar-refractivity contribution is 0.101. The summed E-state index contributed by atoms with van der Waals surface area (Å²) in [6.07, 6.45) is 0. The Balaban J connectivity index is 1.92. The predicted molar refractivity (Wildman–Crippen MR) is 112 cm³/mol. The number of hydrogen-bond acceptors (Lipinski definition) is 4. The van der Waals surface area contributed by atoms with Crippen LogP contribution in [0.5, 0.6) is 0 Å². The Labute approximate surface area is 181 Å². The molecule has 0 aliphatic carbocycles. The average Bonchev–Trinajstić information content (AvgIpc) is 2.98. The third-order valence-corrected chi connectivity index (χ3v) is 6.64. The van der Waals surface area contributed by atoms with Crippen LogP contribution in [0, 0.1) is 0 Å². The number of carbonyl (C=O) groups excluding carboxylic acids is 1. The quantitative estimate of drug-likeness (QED) is 0.464. The molecule has 0 fully saturated rings. The van der Waals surface area contributed by atoms with Gasteiger partial charge in [0.15, 0.2) is 15.6 Å². The molecule has 0 saturated heterocycles. The Bertz CT molecular complexity index is 1170. The maximum atomic E-state index is 12.6. The van der Waals surface area contributed by atoms with Crippen LogP contribution in [0.2, 0.25) is 20.1 Å². The van der Waals surface area contributed by atoms with Gasteiger partial charge in [-0.15, -0.1) is 0 Å². The lowest BCUT2D eigenvalue weighted by Gasteiger charge is -2.05. The van der Waals surface area contributed by atoms with Gasteiger partial charge >= 0.3 is 0 Å². The summed E-state index contributed by atoms with van der Waals surface area (Å²) in [6.45, 7) is 0. The van der Waals surface area contributed by atoms with Crippen molar-refractivity contribution in [3.05, 3.63) is 68.2 Å². The van der Waals surface area contributed by atoms with Gasteiger partial charge in [-0.05, 0) is 42.5 Å².